The van der Waals surface area contributed by atoms with Gasteiger partial charge in [-0.1, -0.05) is 12.1 Å². The largest absolute Gasteiger partial charge is 0.497 e. The van der Waals surface area contributed by atoms with Crippen molar-refractivity contribution in [3.8, 4) is 11.5 Å². The molecule has 0 unspecified atom stereocenters. The number of amides is 1. The molecule has 1 atom stereocenters. The van der Waals surface area contributed by atoms with E-state index in [1.165, 1.54) is 0 Å². The van der Waals surface area contributed by atoms with Gasteiger partial charge in [0.25, 0.3) is 5.91 Å². The van der Waals surface area contributed by atoms with E-state index in [2.05, 4.69) is 17.4 Å². The fourth-order valence-corrected chi connectivity index (χ4v) is 2.84. The van der Waals surface area contributed by atoms with Gasteiger partial charge in [-0.3, -0.25) is 4.79 Å². The minimum Gasteiger partial charge on any atom is -0.497 e. The molecule has 3 rings (SSSR count). The van der Waals surface area contributed by atoms with Crippen LogP contribution < -0.4 is 14.8 Å². The topological polar surface area (TPSA) is 73.6 Å². The lowest BCUT2D eigenvalue weighted by Crippen LogP contribution is -2.18. The van der Waals surface area contributed by atoms with Gasteiger partial charge in [0.05, 0.1) is 19.9 Å². The van der Waals surface area contributed by atoms with Crippen molar-refractivity contribution in [1.82, 2.24) is 5.16 Å². The molecule has 2 aromatic rings. The number of aromatic nitrogens is 1. The molecule has 122 valence electrons. The fraction of sp³-hybridized carbons (Fsp3) is 0.412. The third-order valence-electron chi connectivity index (χ3n) is 4.16. The number of aryl methyl sites for hydroxylation is 1. The molecule has 1 aromatic heterocycles. The van der Waals surface area contributed by atoms with Gasteiger partial charge >= 0.3 is 0 Å². The maximum atomic E-state index is 12.6. The smallest absolute Gasteiger partial charge is 0.278 e. The zero-order valence-electron chi connectivity index (χ0n) is 13.5. The molecule has 6 nitrogen and oxygen atoms in total. The third-order valence-corrected chi connectivity index (χ3v) is 4.16. The SMILES string of the molecule is COc1ccc(NC(=O)c2noc3c2C[C@@H](C)CC3)c(OC)c1. The van der Waals surface area contributed by atoms with Crippen LogP contribution >= 0.6 is 0 Å². The number of methoxy groups -OCH3 is 2. The quantitative estimate of drug-likeness (QED) is 0.938. The molecular formula is C17H20N2O4. The molecule has 1 aromatic carbocycles. The van der Waals surface area contributed by atoms with Crippen LogP contribution in [0.1, 0.15) is 35.2 Å². The van der Waals surface area contributed by atoms with Gasteiger partial charge in [0.15, 0.2) is 5.69 Å². The van der Waals surface area contributed by atoms with Crippen LogP contribution in [0.15, 0.2) is 22.7 Å². The lowest BCUT2D eigenvalue weighted by molar-refractivity contribution is 0.101. The fourth-order valence-electron chi connectivity index (χ4n) is 2.84. The van der Waals surface area contributed by atoms with Gasteiger partial charge in [0, 0.05) is 18.1 Å². The van der Waals surface area contributed by atoms with Crippen molar-refractivity contribution in [2.45, 2.75) is 26.2 Å². The summed E-state index contributed by atoms with van der Waals surface area (Å²) in [5.41, 5.74) is 1.86. The Hall–Kier alpha value is -2.50. The number of rotatable bonds is 4. The Morgan fingerprint density at radius 1 is 1.35 bits per heavy atom. The van der Waals surface area contributed by atoms with Crippen LogP contribution in [0, 0.1) is 5.92 Å². The standard InChI is InChI=1S/C17H20N2O4/c1-10-4-7-14-12(8-10)16(19-23-14)17(20)18-13-6-5-11(21-2)9-15(13)22-3/h5-6,9-10H,4,7-8H2,1-3H3,(H,18,20)/t10-/m0/s1. The van der Waals surface area contributed by atoms with Gasteiger partial charge in [0.1, 0.15) is 17.3 Å². The van der Waals surface area contributed by atoms with E-state index in [4.69, 9.17) is 14.0 Å². The highest BCUT2D eigenvalue weighted by atomic mass is 16.5. The van der Waals surface area contributed by atoms with E-state index in [1.54, 1.807) is 32.4 Å². The Bertz CT molecular complexity index is 723. The molecular weight excluding hydrogens is 296 g/mol. The van der Waals surface area contributed by atoms with E-state index >= 15 is 0 Å². The normalized spacial score (nSPS) is 16.6. The Morgan fingerprint density at radius 3 is 2.91 bits per heavy atom. The number of hydrogen-bond donors (Lipinski definition) is 1. The van der Waals surface area contributed by atoms with Gasteiger partial charge < -0.3 is 19.3 Å². The monoisotopic (exact) mass is 316 g/mol. The molecule has 0 fully saturated rings. The molecule has 0 saturated heterocycles. The predicted molar refractivity (Wildman–Crippen MR) is 85.2 cm³/mol. The molecule has 23 heavy (non-hydrogen) atoms. The highest BCUT2D eigenvalue weighted by molar-refractivity contribution is 6.04. The number of carbonyl (C=O) groups excluding carboxylic acids is 1. The van der Waals surface area contributed by atoms with Crippen LogP contribution in [0.3, 0.4) is 0 Å². The van der Waals surface area contributed by atoms with Crippen molar-refractivity contribution < 1.29 is 18.8 Å². The number of nitrogens with one attached hydrogen (secondary N) is 1. The summed E-state index contributed by atoms with van der Waals surface area (Å²) >= 11 is 0. The first-order chi connectivity index (χ1) is 11.1. The van der Waals surface area contributed by atoms with Gasteiger partial charge in [0.2, 0.25) is 0 Å². The van der Waals surface area contributed by atoms with E-state index in [-0.39, 0.29) is 5.91 Å². The Labute approximate surface area is 134 Å². The number of fused-ring (bicyclic) bond motifs is 1. The van der Waals surface area contributed by atoms with Crippen LogP contribution in [0.25, 0.3) is 0 Å². The summed E-state index contributed by atoms with van der Waals surface area (Å²) in [6.45, 7) is 2.17. The predicted octanol–water partition coefficient (Wildman–Crippen LogP) is 3.07. The summed E-state index contributed by atoms with van der Waals surface area (Å²) in [5, 5.41) is 6.80. The van der Waals surface area contributed by atoms with Crippen LogP contribution in [-0.4, -0.2) is 25.3 Å². The van der Waals surface area contributed by atoms with Crippen LogP contribution in [0.5, 0.6) is 11.5 Å². The zero-order valence-corrected chi connectivity index (χ0v) is 13.5. The minimum absolute atomic E-state index is 0.285. The van der Waals surface area contributed by atoms with Crippen molar-refractivity contribution in [2.75, 3.05) is 19.5 Å². The number of ether oxygens (including phenoxy) is 2. The van der Waals surface area contributed by atoms with Gasteiger partial charge in [-0.25, -0.2) is 0 Å². The molecule has 0 spiro atoms. The van der Waals surface area contributed by atoms with Gasteiger partial charge in [-0.15, -0.1) is 0 Å². The first kappa shape index (κ1) is 15.4. The highest BCUT2D eigenvalue weighted by Crippen LogP contribution is 2.31. The second kappa shape index (κ2) is 6.32. The molecule has 1 N–H and O–H groups in total. The lowest BCUT2D eigenvalue weighted by Gasteiger charge is -2.16. The first-order valence-corrected chi connectivity index (χ1v) is 7.63. The molecule has 1 aliphatic carbocycles. The highest BCUT2D eigenvalue weighted by Gasteiger charge is 2.27. The average molecular weight is 316 g/mol. The van der Waals surface area contributed by atoms with Crippen molar-refractivity contribution in [3.63, 3.8) is 0 Å². The molecule has 1 aliphatic rings. The van der Waals surface area contributed by atoms with Crippen molar-refractivity contribution in [1.29, 1.82) is 0 Å². The summed E-state index contributed by atoms with van der Waals surface area (Å²) in [4.78, 5) is 12.6. The van der Waals surface area contributed by atoms with E-state index < -0.39 is 0 Å². The summed E-state index contributed by atoms with van der Waals surface area (Å²) < 4.78 is 15.8. The van der Waals surface area contributed by atoms with Crippen molar-refractivity contribution in [2.24, 2.45) is 5.92 Å². The number of benzene rings is 1. The second-order valence-electron chi connectivity index (χ2n) is 5.80. The summed E-state index contributed by atoms with van der Waals surface area (Å²) in [6.07, 6.45) is 2.72. The van der Waals surface area contributed by atoms with Gasteiger partial charge in [-0.2, -0.15) is 0 Å². The second-order valence-corrected chi connectivity index (χ2v) is 5.80. The molecule has 0 aliphatic heterocycles. The van der Waals surface area contributed by atoms with Crippen molar-refractivity contribution in [3.05, 3.63) is 35.2 Å². The first-order valence-electron chi connectivity index (χ1n) is 7.63. The van der Waals surface area contributed by atoms with E-state index in [1.807, 2.05) is 0 Å². The molecule has 0 radical (unpaired) electrons. The number of carbonyl (C=O) groups is 1. The van der Waals surface area contributed by atoms with Gasteiger partial charge in [-0.05, 0) is 30.9 Å². The van der Waals surface area contributed by atoms with Crippen LogP contribution in [0.2, 0.25) is 0 Å². The maximum absolute atomic E-state index is 12.6. The average Bonchev–Trinajstić information content (AvgIpc) is 2.98. The summed E-state index contributed by atoms with van der Waals surface area (Å²) in [6, 6.07) is 5.22. The Kier molecular flexibility index (Phi) is 4.23. The van der Waals surface area contributed by atoms with E-state index in [9.17, 15) is 4.79 Å². The zero-order chi connectivity index (χ0) is 16.4. The Morgan fingerprint density at radius 2 is 2.17 bits per heavy atom. The lowest BCUT2D eigenvalue weighted by atomic mass is 9.88. The summed E-state index contributed by atoms with van der Waals surface area (Å²) in [7, 11) is 3.12. The third kappa shape index (κ3) is 3.02. The number of nitrogens with zero attached hydrogens (tertiary/aromatic N) is 1. The van der Waals surface area contributed by atoms with Crippen LogP contribution in [0.4, 0.5) is 5.69 Å². The molecule has 0 bridgehead atoms. The Balaban J connectivity index is 1.84. The molecule has 1 amide bonds. The number of hydrogen-bond acceptors (Lipinski definition) is 5. The molecule has 1 heterocycles. The summed E-state index contributed by atoms with van der Waals surface area (Å²) in [5.74, 6) is 2.27. The van der Waals surface area contributed by atoms with Crippen LogP contribution in [-0.2, 0) is 12.8 Å². The molecule has 0 saturated carbocycles. The van der Waals surface area contributed by atoms with Crippen molar-refractivity contribution >= 4 is 11.6 Å². The minimum atomic E-state index is -0.285. The number of anilines is 1. The van der Waals surface area contributed by atoms with E-state index in [0.717, 1.165) is 30.6 Å². The maximum Gasteiger partial charge on any atom is 0.278 e. The van der Waals surface area contributed by atoms with E-state index in [0.29, 0.717) is 28.8 Å². The molecule has 6 heteroatoms.